The van der Waals surface area contributed by atoms with Gasteiger partial charge < -0.3 is 4.90 Å². The van der Waals surface area contributed by atoms with Crippen LogP contribution in [0.1, 0.15) is 29.8 Å². The Morgan fingerprint density at radius 2 is 2.33 bits per heavy atom. The Balaban J connectivity index is 1.72. The highest BCUT2D eigenvalue weighted by Crippen LogP contribution is 2.40. The summed E-state index contributed by atoms with van der Waals surface area (Å²) in [6.07, 6.45) is 5.27. The fourth-order valence-electron chi connectivity index (χ4n) is 3.18. The van der Waals surface area contributed by atoms with Gasteiger partial charge in [0.2, 0.25) is 0 Å². The van der Waals surface area contributed by atoms with Crippen molar-refractivity contribution in [1.29, 1.82) is 0 Å². The lowest BCUT2D eigenvalue weighted by molar-refractivity contribution is 0.0632. The fourth-order valence-corrected chi connectivity index (χ4v) is 3.18. The number of rotatable bonds is 1. The van der Waals surface area contributed by atoms with E-state index in [1.54, 1.807) is 6.20 Å². The summed E-state index contributed by atoms with van der Waals surface area (Å²) < 4.78 is 0. The minimum absolute atomic E-state index is 0.0812. The molecule has 3 heterocycles. The second-order valence-electron chi connectivity index (χ2n) is 5.17. The lowest BCUT2D eigenvalue weighted by Crippen LogP contribution is -2.43. The summed E-state index contributed by atoms with van der Waals surface area (Å²) in [7, 11) is 0. The first-order chi connectivity index (χ1) is 8.84. The molecule has 2 aromatic rings. The molecule has 0 aromatic carbocycles. The van der Waals surface area contributed by atoms with Crippen molar-refractivity contribution in [3.05, 3.63) is 24.0 Å². The number of nitrogens with zero attached hydrogens (tertiary/aromatic N) is 3. The molecule has 18 heavy (non-hydrogen) atoms. The van der Waals surface area contributed by atoms with Crippen molar-refractivity contribution < 1.29 is 4.79 Å². The van der Waals surface area contributed by atoms with Crippen LogP contribution in [0.3, 0.4) is 0 Å². The van der Waals surface area contributed by atoms with Crippen molar-refractivity contribution in [2.45, 2.75) is 25.3 Å². The molecule has 0 spiro atoms. The first-order valence-corrected chi connectivity index (χ1v) is 6.44. The van der Waals surface area contributed by atoms with Crippen LogP contribution in [-0.2, 0) is 0 Å². The molecule has 92 valence electrons. The van der Waals surface area contributed by atoms with E-state index in [0.29, 0.717) is 17.4 Å². The van der Waals surface area contributed by atoms with Gasteiger partial charge in [0, 0.05) is 18.8 Å². The SMILES string of the molecule is O=C(c1[nH]nc2ncccc12)N1CC[C@@H]2CC[C@@H]21. The standard InChI is InChI=1S/C13H14N4O/c18-13(17-7-5-8-3-4-10(8)17)11-9-2-1-6-14-12(9)16-15-11/h1-2,6,8,10H,3-5,7H2,(H,14,15,16)/t8-,10-/m0/s1. The third kappa shape index (κ3) is 1.24. The molecular formula is C13H14N4O. The molecule has 2 aromatic heterocycles. The number of carbonyl (C=O) groups is 1. The topological polar surface area (TPSA) is 61.9 Å². The molecule has 4 rings (SSSR count). The molecular weight excluding hydrogens is 228 g/mol. The summed E-state index contributed by atoms with van der Waals surface area (Å²) in [5.41, 5.74) is 1.20. The molecule has 0 bridgehead atoms. The zero-order valence-electron chi connectivity index (χ0n) is 9.97. The highest BCUT2D eigenvalue weighted by atomic mass is 16.2. The lowest BCUT2D eigenvalue weighted by Gasteiger charge is -2.35. The predicted octanol–water partition coefficient (Wildman–Crippen LogP) is 1.58. The van der Waals surface area contributed by atoms with Crippen LogP contribution in [0.25, 0.3) is 11.0 Å². The highest BCUT2D eigenvalue weighted by Gasteiger charge is 2.43. The zero-order chi connectivity index (χ0) is 12.1. The quantitative estimate of drug-likeness (QED) is 0.825. The van der Waals surface area contributed by atoms with Crippen LogP contribution in [0.15, 0.2) is 18.3 Å². The van der Waals surface area contributed by atoms with Gasteiger partial charge >= 0.3 is 0 Å². The third-order valence-corrected chi connectivity index (χ3v) is 4.32. The van der Waals surface area contributed by atoms with Gasteiger partial charge in [-0.25, -0.2) is 4.98 Å². The normalized spacial score (nSPS) is 26.1. The number of nitrogens with one attached hydrogen (secondary N) is 1. The molecule has 2 aliphatic rings. The summed E-state index contributed by atoms with van der Waals surface area (Å²) in [6.45, 7) is 0.884. The van der Waals surface area contributed by atoms with Gasteiger partial charge in [-0.3, -0.25) is 9.89 Å². The van der Waals surface area contributed by atoms with Crippen LogP contribution in [0.2, 0.25) is 0 Å². The lowest BCUT2D eigenvalue weighted by atomic mass is 9.80. The Bertz CT molecular complexity index is 620. The van der Waals surface area contributed by atoms with Crippen LogP contribution in [0, 0.1) is 5.92 Å². The number of hydrogen-bond donors (Lipinski definition) is 1. The van der Waals surface area contributed by atoms with E-state index in [4.69, 9.17) is 0 Å². The maximum absolute atomic E-state index is 12.5. The average Bonchev–Trinajstić information content (AvgIpc) is 2.90. The van der Waals surface area contributed by atoms with E-state index in [9.17, 15) is 4.79 Å². The number of aromatic amines is 1. The minimum Gasteiger partial charge on any atom is -0.334 e. The molecule has 1 aliphatic heterocycles. The first-order valence-electron chi connectivity index (χ1n) is 6.44. The van der Waals surface area contributed by atoms with Gasteiger partial charge in [-0.2, -0.15) is 5.10 Å². The Morgan fingerprint density at radius 1 is 1.39 bits per heavy atom. The van der Waals surface area contributed by atoms with Gasteiger partial charge in [-0.05, 0) is 37.3 Å². The summed E-state index contributed by atoms with van der Waals surface area (Å²) >= 11 is 0. The van der Waals surface area contributed by atoms with Gasteiger partial charge in [0.1, 0.15) is 5.69 Å². The third-order valence-electron chi connectivity index (χ3n) is 4.32. The number of pyridine rings is 1. The van der Waals surface area contributed by atoms with Crippen LogP contribution < -0.4 is 0 Å². The number of aromatic nitrogens is 3. The number of likely N-dealkylation sites (tertiary alicyclic amines) is 1. The Labute approximate surface area is 104 Å². The maximum atomic E-state index is 12.5. The summed E-state index contributed by atoms with van der Waals surface area (Å²) in [4.78, 5) is 18.7. The van der Waals surface area contributed by atoms with E-state index in [1.165, 1.54) is 6.42 Å². The second-order valence-corrected chi connectivity index (χ2v) is 5.17. The van der Waals surface area contributed by atoms with E-state index < -0.39 is 0 Å². The van der Waals surface area contributed by atoms with E-state index in [0.717, 1.165) is 30.7 Å². The van der Waals surface area contributed by atoms with Crippen molar-refractivity contribution in [1.82, 2.24) is 20.1 Å². The number of fused-ring (bicyclic) bond motifs is 2. The van der Waals surface area contributed by atoms with Crippen LogP contribution in [0.4, 0.5) is 0 Å². The number of hydrogen-bond acceptors (Lipinski definition) is 3. The van der Waals surface area contributed by atoms with Gasteiger partial charge in [0.15, 0.2) is 5.65 Å². The molecule has 1 saturated carbocycles. The van der Waals surface area contributed by atoms with Gasteiger partial charge in [0.05, 0.1) is 5.39 Å². The molecule has 5 heteroatoms. The van der Waals surface area contributed by atoms with E-state index >= 15 is 0 Å². The number of amides is 1. The van der Waals surface area contributed by atoms with Crippen molar-refractivity contribution in [2.75, 3.05) is 6.54 Å². The highest BCUT2D eigenvalue weighted by molar-refractivity contribution is 6.04. The van der Waals surface area contributed by atoms with E-state index in [1.807, 2.05) is 17.0 Å². The zero-order valence-corrected chi connectivity index (χ0v) is 9.97. The first kappa shape index (κ1) is 10.1. The number of carbonyl (C=O) groups excluding carboxylic acids is 1. The summed E-state index contributed by atoms with van der Waals surface area (Å²) in [5.74, 6) is 0.818. The molecule has 1 saturated heterocycles. The molecule has 1 aliphatic carbocycles. The Kier molecular flexibility index (Phi) is 1.98. The average molecular weight is 242 g/mol. The molecule has 2 fully saturated rings. The molecule has 2 atom stereocenters. The van der Waals surface area contributed by atoms with Crippen molar-refractivity contribution >= 4 is 16.9 Å². The molecule has 5 nitrogen and oxygen atoms in total. The minimum atomic E-state index is 0.0812. The van der Waals surface area contributed by atoms with E-state index in [2.05, 4.69) is 15.2 Å². The maximum Gasteiger partial charge on any atom is 0.272 e. The number of H-pyrrole nitrogens is 1. The molecule has 1 amide bonds. The fraction of sp³-hybridized carbons (Fsp3) is 0.462. The molecule has 0 radical (unpaired) electrons. The van der Waals surface area contributed by atoms with Crippen LogP contribution in [-0.4, -0.2) is 38.6 Å². The largest absolute Gasteiger partial charge is 0.334 e. The van der Waals surface area contributed by atoms with Crippen LogP contribution >= 0.6 is 0 Å². The summed E-state index contributed by atoms with van der Waals surface area (Å²) in [6, 6.07) is 4.20. The van der Waals surface area contributed by atoms with Crippen LogP contribution in [0.5, 0.6) is 0 Å². The van der Waals surface area contributed by atoms with Gasteiger partial charge in [-0.1, -0.05) is 0 Å². The van der Waals surface area contributed by atoms with E-state index in [-0.39, 0.29) is 5.91 Å². The van der Waals surface area contributed by atoms with Crippen molar-refractivity contribution in [2.24, 2.45) is 5.92 Å². The van der Waals surface area contributed by atoms with Gasteiger partial charge in [-0.15, -0.1) is 0 Å². The Morgan fingerprint density at radius 3 is 3.11 bits per heavy atom. The predicted molar refractivity (Wildman–Crippen MR) is 66.1 cm³/mol. The summed E-state index contributed by atoms with van der Waals surface area (Å²) in [5, 5.41) is 7.76. The monoisotopic (exact) mass is 242 g/mol. The molecule has 1 N–H and O–H groups in total. The molecule has 0 unspecified atom stereocenters. The smallest absolute Gasteiger partial charge is 0.272 e. The van der Waals surface area contributed by atoms with Crippen molar-refractivity contribution in [3.8, 4) is 0 Å². The second kappa shape index (κ2) is 3.54. The van der Waals surface area contributed by atoms with Gasteiger partial charge in [0.25, 0.3) is 5.91 Å². The Hall–Kier alpha value is -1.91. The van der Waals surface area contributed by atoms with Crippen molar-refractivity contribution in [3.63, 3.8) is 0 Å².